The molecule has 0 N–H and O–H groups in total. The Labute approximate surface area is 95.6 Å². The molecule has 4 heteroatoms. The fourth-order valence-electron chi connectivity index (χ4n) is 1.13. The molecular weight excluding hydrogens is 258 g/mol. The molecule has 1 aromatic carbocycles. The number of para-hydroxylation sites is 1. The summed E-state index contributed by atoms with van der Waals surface area (Å²) in [5, 5.41) is 11.0. The van der Waals surface area contributed by atoms with Crippen molar-refractivity contribution in [2.75, 3.05) is 0 Å². The molecule has 0 amide bonds. The molecule has 0 saturated heterocycles. The monoisotopic (exact) mass is 265 g/mol. The van der Waals surface area contributed by atoms with Crippen LogP contribution in [-0.4, -0.2) is 0 Å². The van der Waals surface area contributed by atoms with Gasteiger partial charge >= 0.3 is 0 Å². The summed E-state index contributed by atoms with van der Waals surface area (Å²) in [7, 11) is 0. The molecule has 15 heavy (non-hydrogen) atoms. The van der Waals surface area contributed by atoms with E-state index in [0.29, 0.717) is 16.2 Å². The van der Waals surface area contributed by atoms with E-state index in [1.807, 2.05) is 30.3 Å². The van der Waals surface area contributed by atoms with Crippen molar-refractivity contribution in [2.45, 2.75) is 0 Å². The summed E-state index contributed by atoms with van der Waals surface area (Å²) >= 11 is 3.31. The third-order valence-electron chi connectivity index (χ3n) is 1.82. The van der Waals surface area contributed by atoms with Crippen molar-refractivity contribution in [3.63, 3.8) is 0 Å². The SMILES string of the molecule is [O-][n+]1ccc(Br)c(Oc2ccccc2)c1. The second-order valence-corrected chi connectivity index (χ2v) is 3.79. The van der Waals surface area contributed by atoms with Crippen LogP contribution in [0, 0.1) is 5.21 Å². The molecule has 0 aliphatic carbocycles. The van der Waals surface area contributed by atoms with E-state index < -0.39 is 0 Å². The van der Waals surface area contributed by atoms with E-state index >= 15 is 0 Å². The van der Waals surface area contributed by atoms with Crippen molar-refractivity contribution >= 4 is 15.9 Å². The van der Waals surface area contributed by atoms with Gasteiger partial charge in [-0.2, -0.15) is 4.73 Å². The van der Waals surface area contributed by atoms with E-state index in [2.05, 4.69) is 15.9 Å². The molecule has 0 spiro atoms. The van der Waals surface area contributed by atoms with Crippen molar-refractivity contribution in [1.82, 2.24) is 0 Å². The van der Waals surface area contributed by atoms with Crippen LogP contribution in [0.1, 0.15) is 0 Å². The van der Waals surface area contributed by atoms with Crippen LogP contribution in [0.5, 0.6) is 11.5 Å². The molecular formula is C11H8BrNO2. The van der Waals surface area contributed by atoms with Crippen molar-refractivity contribution in [1.29, 1.82) is 0 Å². The lowest BCUT2D eigenvalue weighted by Gasteiger charge is -2.06. The van der Waals surface area contributed by atoms with E-state index in [1.54, 1.807) is 6.07 Å². The zero-order chi connectivity index (χ0) is 10.7. The zero-order valence-corrected chi connectivity index (χ0v) is 9.35. The van der Waals surface area contributed by atoms with Gasteiger partial charge in [-0.15, -0.1) is 0 Å². The number of hydrogen-bond donors (Lipinski definition) is 0. The quantitative estimate of drug-likeness (QED) is 0.619. The first kappa shape index (κ1) is 9.98. The molecule has 0 aliphatic rings. The number of halogens is 1. The summed E-state index contributed by atoms with van der Waals surface area (Å²) < 4.78 is 6.97. The van der Waals surface area contributed by atoms with Gasteiger partial charge in [0.2, 0.25) is 11.9 Å². The van der Waals surface area contributed by atoms with Crippen LogP contribution >= 0.6 is 15.9 Å². The third kappa shape index (κ3) is 2.47. The molecule has 0 atom stereocenters. The van der Waals surface area contributed by atoms with Gasteiger partial charge in [-0.25, -0.2) is 0 Å². The molecule has 0 unspecified atom stereocenters. The topological polar surface area (TPSA) is 36.2 Å². The number of pyridine rings is 1. The van der Waals surface area contributed by atoms with Gasteiger partial charge in [0.1, 0.15) is 5.75 Å². The molecule has 0 radical (unpaired) electrons. The van der Waals surface area contributed by atoms with Gasteiger partial charge in [0.05, 0.1) is 4.47 Å². The first-order valence-electron chi connectivity index (χ1n) is 4.37. The predicted octanol–water partition coefficient (Wildman–Crippen LogP) is 2.87. The third-order valence-corrected chi connectivity index (χ3v) is 2.47. The van der Waals surface area contributed by atoms with Crippen LogP contribution in [0.4, 0.5) is 0 Å². The Morgan fingerprint density at radius 3 is 2.60 bits per heavy atom. The smallest absolute Gasteiger partial charge is 0.224 e. The average molecular weight is 266 g/mol. The second kappa shape index (κ2) is 4.31. The molecule has 0 aliphatic heterocycles. The Morgan fingerprint density at radius 2 is 1.87 bits per heavy atom. The lowest BCUT2D eigenvalue weighted by Crippen LogP contribution is -2.24. The Balaban J connectivity index is 2.28. The fourth-order valence-corrected chi connectivity index (χ4v) is 1.43. The first-order valence-corrected chi connectivity index (χ1v) is 5.16. The summed E-state index contributed by atoms with van der Waals surface area (Å²) in [4.78, 5) is 0. The Hall–Kier alpha value is -1.55. The average Bonchev–Trinajstić information content (AvgIpc) is 2.25. The summed E-state index contributed by atoms with van der Waals surface area (Å²) in [5.41, 5.74) is 0. The molecule has 1 aromatic heterocycles. The lowest BCUT2D eigenvalue weighted by atomic mass is 10.3. The van der Waals surface area contributed by atoms with E-state index in [9.17, 15) is 5.21 Å². The number of ether oxygens (including phenoxy) is 1. The van der Waals surface area contributed by atoms with E-state index in [-0.39, 0.29) is 0 Å². The van der Waals surface area contributed by atoms with Gasteiger partial charge in [-0.1, -0.05) is 18.2 Å². The van der Waals surface area contributed by atoms with Gasteiger partial charge in [-0.3, -0.25) is 0 Å². The lowest BCUT2D eigenvalue weighted by molar-refractivity contribution is -0.605. The van der Waals surface area contributed by atoms with E-state index in [1.165, 1.54) is 12.4 Å². The normalized spacial score (nSPS) is 9.93. The molecule has 2 aromatic rings. The zero-order valence-electron chi connectivity index (χ0n) is 7.76. The maximum Gasteiger partial charge on any atom is 0.224 e. The molecule has 0 bridgehead atoms. The highest BCUT2D eigenvalue weighted by Gasteiger charge is 2.06. The summed E-state index contributed by atoms with van der Waals surface area (Å²) in [6.07, 6.45) is 2.78. The van der Waals surface area contributed by atoms with Crippen LogP contribution in [0.25, 0.3) is 0 Å². The standard InChI is InChI=1S/C11H8BrNO2/c12-10-6-7-13(14)8-11(10)15-9-4-2-1-3-5-9/h1-8H. The first-order chi connectivity index (χ1) is 7.25. The summed E-state index contributed by atoms with van der Waals surface area (Å²) in [6, 6.07) is 10.9. The Kier molecular flexibility index (Phi) is 2.87. The van der Waals surface area contributed by atoms with Crippen molar-refractivity contribution in [3.8, 4) is 11.5 Å². The second-order valence-electron chi connectivity index (χ2n) is 2.93. The summed E-state index contributed by atoms with van der Waals surface area (Å²) in [5.74, 6) is 1.20. The van der Waals surface area contributed by atoms with Crippen LogP contribution in [0.3, 0.4) is 0 Å². The Morgan fingerprint density at radius 1 is 1.13 bits per heavy atom. The van der Waals surface area contributed by atoms with Crippen molar-refractivity contribution < 1.29 is 9.47 Å². The number of hydrogen-bond acceptors (Lipinski definition) is 2. The molecule has 0 saturated carbocycles. The van der Waals surface area contributed by atoms with Crippen LogP contribution in [0.15, 0.2) is 53.3 Å². The van der Waals surface area contributed by atoms with Gasteiger partial charge in [-0.05, 0) is 28.1 Å². The number of benzene rings is 1. The number of aromatic nitrogens is 1. The van der Waals surface area contributed by atoms with Crippen molar-refractivity contribution in [3.05, 3.63) is 58.5 Å². The Bertz CT molecular complexity index is 459. The summed E-state index contributed by atoms with van der Waals surface area (Å²) in [6.45, 7) is 0. The van der Waals surface area contributed by atoms with Crippen LogP contribution in [0.2, 0.25) is 0 Å². The minimum absolute atomic E-state index is 0.499. The fraction of sp³-hybridized carbons (Fsp3) is 0. The highest BCUT2D eigenvalue weighted by molar-refractivity contribution is 9.10. The van der Waals surface area contributed by atoms with Crippen LogP contribution in [-0.2, 0) is 0 Å². The minimum atomic E-state index is 0.499. The highest BCUT2D eigenvalue weighted by Crippen LogP contribution is 2.27. The van der Waals surface area contributed by atoms with E-state index in [4.69, 9.17) is 4.74 Å². The van der Waals surface area contributed by atoms with Crippen molar-refractivity contribution in [2.24, 2.45) is 0 Å². The molecule has 76 valence electrons. The maximum absolute atomic E-state index is 11.0. The van der Waals surface area contributed by atoms with Crippen LogP contribution < -0.4 is 9.47 Å². The number of rotatable bonds is 2. The van der Waals surface area contributed by atoms with E-state index in [0.717, 1.165) is 4.47 Å². The number of nitrogens with zero attached hydrogens (tertiary/aromatic N) is 1. The van der Waals surface area contributed by atoms with Gasteiger partial charge in [0.25, 0.3) is 0 Å². The van der Waals surface area contributed by atoms with Gasteiger partial charge < -0.3 is 9.94 Å². The molecule has 0 fully saturated rings. The predicted molar refractivity (Wildman–Crippen MR) is 59.6 cm³/mol. The minimum Gasteiger partial charge on any atom is -0.619 e. The molecule has 3 nitrogen and oxygen atoms in total. The largest absolute Gasteiger partial charge is 0.619 e. The van der Waals surface area contributed by atoms with Gasteiger partial charge in [0, 0.05) is 6.07 Å². The maximum atomic E-state index is 11.0. The highest BCUT2D eigenvalue weighted by atomic mass is 79.9. The molecule has 2 rings (SSSR count). The van der Waals surface area contributed by atoms with Gasteiger partial charge in [0.15, 0.2) is 6.20 Å². The molecule has 1 heterocycles.